The molecule has 2 fully saturated rings. The summed E-state index contributed by atoms with van der Waals surface area (Å²) in [6, 6.07) is 13.9. The van der Waals surface area contributed by atoms with Crippen molar-refractivity contribution in [2.45, 2.75) is 46.1 Å². The topological polar surface area (TPSA) is 110 Å². The van der Waals surface area contributed by atoms with Crippen LogP contribution in [0.3, 0.4) is 0 Å². The Kier molecular flexibility index (Phi) is 8.74. The van der Waals surface area contributed by atoms with Crippen molar-refractivity contribution in [1.29, 1.82) is 0 Å². The van der Waals surface area contributed by atoms with Gasteiger partial charge in [0.1, 0.15) is 22.6 Å². The van der Waals surface area contributed by atoms with Gasteiger partial charge in [-0.1, -0.05) is 23.7 Å². The number of hydrogen-bond acceptors (Lipinski definition) is 8. The van der Waals surface area contributed by atoms with Gasteiger partial charge >= 0.3 is 0 Å². The van der Waals surface area contributed by atoms with Crippen LogP contribution < -0.4 is 4.74 Å². The number of allylic oxidation sites excluding steroid dienone is 1. The number of thiophene rings is 1. The number of fused-ring (bicyclic) bond motifs is 3. The molecule has 49 heavy (non-hydrogen) atoms. The van der Waals surface area contributed by atoms with Crippen molar-refractivity contribution in [2.75, 3.05) is 33.3 Å². The van der Waals surface area contributed by atoms with Crippen LogP contribution >= 0.6 is 22.9 Å². The molecule has 3 aliphatic heterocycles. The predicted molar refractivity (Wildman–Crippen MR) is 189 cm³/mol. The molecule has 2 atom stereocenters. The Bertz CT molecular complexity index is 2010. The van der Waals surface area contributed by atoms with Crippen LogP contribution in [-0.4, -0.2) is 81.2 Å². The molecule has 12 heteroatoms. The van der Waals surface area contributed by atoms with E-state index in [1.165, 1.54) is 17.0 Å². The standard InChI is InChI=1S/C37H37ClN6O4S/c1-22-23(2)49-36-33(22)34(26-5-9-27(38)10-6-26)39-29(35-41-40-24(3)44(35)36)19-32(47)43-18-16-37(21-43)15-17-42(20-37)31(46)14-13-30(45)25-7-11-28(48-4)12-8-25/h5-14,29H,15-21H2,1-4H3/b14-13+/t29-,37?/m0/s1. The molecule has 1 spiro atoms. The first kappa shape index (κ1) is 32.9. The number of likely N-dealkylation sites (tertiary alicyclic amines) is 2. The fraction of sp³-hybridized carbons (Fsp3) is 0.351. The van der Waals surface area contributed by atoms with Gasteiger partial charge in [0.05, 0.1) is 19.2 Å². The van der Waals surface area contributed by atoms with E-state index in [1.807, 2.05) is 36.1 Å². The predicted octanol–water partition coefficient (Wildman–Crippen LogP) is 6.09. The van der Waals surface area contributed by atoms with Gasteiger partial charge in [0, 0.05) is 64.3 Å². The molecule has 1 unspecified atom stereocenters. The van der Waals surface area contributed by atoms with E-state index in [1.54, 1.807) is 47.6 Å². The van der Waals surface area contributed by atoms with Crippen LogP contribution in [0.1, 0.15) is 68.9 Å². The highest BCUT2D eigenvalue weighted by Gasteiger charge is 2.46. The lowest BCUT2D eigenvalue weighted by molar-refractivity contribution is -0.131. The minimum atomic E-state index is -0.537. The lowest BCUT2D eigenvalue weighted by Gasteiger charge is -2.25. The number of hydrogen-bond donors (Lipinski definition) is 0. The molecule has 0 aliphatic carbocycles. The van der Waals surface area contributed by atoms with Crippen molar-refractivity contribution >= 4 is 46.2 Å². The van der Waals surface area contributed by atoms with Crippen LogP contribution in [0.5, 0.6) is 5.75 Å². The van der Waals surface area contributed by atoms with Crippen molar-refractivity contribution < 1.29 is 19.1 Å². The summed E-state index contributed by atoms with van der Waals surface area (Å²) in [6.45, 7) is 8.46. The lowest BCUT2D eigenvalue weighted by atomic mass is 9.86. The Labute approximate surface area is 294 Å². The largest absolute Gasteiger partial charge is 0.497 e. The number of carbonyl (C=O) groups is 3. The number of benzene rings is 2. The number of aliphatic imine (C=N–C) groups is 1. The summed E-state index contributed by atoms with van der Waals surface area (Å²) >= 11 is 7.93. The maximum atomic E-state index is 14.0. The van der Waals surface area contributed by atoms with E-state index in [2.05, 4.69) is 28.6 Å². The summed E-state index contributed by atoms with van der Waals surface area (Å²) in [5, 5.41) is 10.6. The van der Waals surface area contributed by atoms with E-state index in [0.29, 0.717) is 48.3 Å². The van der Waals surface area contributed by atoms with E-state index in [0.717, 1.165) is 46.1 Å². The van der Waals surface area contributed by atoms with Gasteiger partial charge in [-0.15, -0.1) is 21.5 Å². The van der Waals surface area contributed by atoms with E-state index >= 15 is 0 Å². The summed E-state index contributed by atoms with van der Waals surface area (Å²) in [6.07, 6.45) is 4.44. The van der Waals surface area contributed by atoms with Gasteiger partial charge in [0.15, 0.2) is 11.6 Å². The van der Waals surface area contributed by atoms with Crippen molar-refractivity contribution in [1.82, 2.24) is 24.6 Å². The maximum Gasteiger partial charge on any atom is 0.246 e. The Morgan fingerprint density at radius 1 is 0.959 bits per heavy atom. The number of aromatic nitrogens is 3. The van der Waals surface area contributed by atoms with Crippen molar-refractivity contribution in [2.24, 2.45) is 10.4 Å². The van der Waals surface area contributed by atoms with E-state index in [-0.39, 0.29) is 29.4 Å². The molecule has 0 radical (unpaired) electrons. The molecule has 252 valence electrons. The lowest BCUT2D eigenvalue weighted by Crippen LogP contribution is -2.35. The van der Waals surface area contributed by atoms with Crippen molar-refractivity contribution in [3.8, 4) is 10.8 Å². The van der Waals surface area contributed by atoms with Gasteiger partial charge in [-0.3, -0.25) is 23.9 Å². The molecule has 2 aromatic carbocycles. The number of ketones is 1. The molecule has 0 saturated carbocycles. The number of amides is 2. The van der Waals surface area contributed by atoms with Gasteiger partial charge in [-0.05, 0) is 81.7 Å². The third-order valence-electron chi connectivity index (χ3n) is 10.0. The number of ether oxygens (including phenoxy) is 1. The fourth-order valence-electron chi connectivity index (χ4n) is 7.14. The van der Waals surface area contributed by atoms with Crippen LogP contribution in [0.2, 0.25) is 5.02 Å². The quantitative estimate of drug-likeness (QED) is 0.171. The summed E-state index contributed by atoms with van der Waals surface area (Å²) in [5.41, 5.74) is 4.23. The highest BCUT2D eigenvalue weighted by Crippen LogP contribution is 2.42. The molecule has 0 bridgehead atoms. The third kappa shape index (κ3) is 6.21. The summed E-state index contributed by atoms with van der Waals surface area (Å²) < 4.78 is 7.21. The monoisotopic (exact) mass is 696 g/mol. The van der Waals surface area contributed by atoms with E-state index < -0.39 is 6.04 Å². The second-order valence-electron chi connectivity index (χ2n) is 13.1. The zero-order valence-corrected chi connectivity index (χ0v) is 29.5. The number of halogens is 1. The summed E-state index contributed by atoms with van der Waals surface area (Å²) in [5.74, 6) is 1.63. The molecule has 2 aromatic heterocycles. The number of rotatable bonds is 7. The molecular formula is C37H37ClN6O4S. The Morgan fingerprint density at radius 2 is 1.65 bits per heavy atom. The minimum Gasteiger partial charge on any atom is -0.497 e. The fourth-order valence-corrected chi connectivity index (χ4v) is 8.48. The average molecular weight is 697 g/mol. The van der Waals surface area contributed by atoms with Crippen molar-refractivity contribution in [3.63, 3.8) is 0 Å². The number of methoxy groups -OCH3 is 1. The van der Waals surface area contributed by atoms with Crippen LogP contribution in [0.4, 0.5) is 0 Å². The van der Waals surface area contributed by atoms with Gasteiger partial charge in [0.25, 0.3) is 0 Å². The van der Waals surface area contributed by atoms with Gasteiger partial charge in [0.2, 0.25) is 11.8 Å². The first-order valence-corrected chi connectivity index (χ1v) is 17.5. The van der Waals surface area contributed by atoms with Crippen LogP contribution in [-0.2, 0) is 9.59 Å². The van der Waals surface area contributed by atoms with Crippen LogP contribution in [0.25, 0.3) is 5.00 Å². The average Bonchev–Trinajstić information content (AvgIpc) is 3.87. The molecule has 3 aliphatic rings. The third-order valence-corrected chi connectivity index (χ3v) is 11.5. The maximum absolute atomic E-state index is 14.0. The Hall–Kier alpha value is -4.61. The van der Waals surface area contributed by atoms with E-state index in [4.69, 9.17) is 21.3 Å². The van der Waals surface area contributed by atoms with Crippen LogP contribution in [0, 0.1) is 26.2 Å². The molecular weight excluding hydrogens is 660 g/mol. The Balaban J connectivity index is 1.07. The molecule has 2 amide bonds. The number of carbonyl (C=O) groups excluding carboxylic acids is 3. The number of aryl methyl sites for hydroxylation is 2. The second-order valence-corrected chi connectivity index (χ2v) is 14.7. The van der Waals surface area contributed by atoms with Gasteiger partial charge < -0.3 is 14.5 Å². The molecule has 0 N–H and O–H groups in total. The minimum absolute atomic E-state index is 0.00111. The highest BCUT2D eigenvalue weighted by molar-refractivity contribution is 7.15. The first-order valence-electron chi connectivity index (χ1n) is 16.4. The second kappa shape index (κ2) is 13.0. The molecule has 4 aromatic rings. The summed E-state index contributed by atoms with van der Waals surface area (Å²) in [7, 11) is 1.57. The van der Waals surface area contributed by atoms with Crippen LogP contribution in [0.15, 0.2) is 65.7 Å². The first-order chi connectivity index (χ1) is 23.6. The SMILES string of the molecule is COc1ccc(C(=O)/C=C/C(=O)N2CCC3(CCN(C(=O)C[C@@H]4N=C(c5ccc(Cl)cc5)c5c(sc(C)c5C)-n5c(C)nnc54)C3)C2)cc1. The molecule has 7 rings (SSSR count). The van der Waals surface area contributed by atoms with Crippen molar-refractivity contribution in [3.05, 3.63) is 104 Å². The number of nitrogens with zero attached hydrogens (tertiary/aromatic N) is 6. The molecule has 2 saturated heterocycles. The Morgan fingerprint density at radius 3 is 2.37 bits per heavy atom. The molecule has 10 nitrogen and oxygen atoms in total. The zero-order valence-electron chi connectivity index (χ0n) is 27.9. The molecule has 5 heterocycles. The normalized spacial score (nSPS) is 20.0. The summed E-state index contributed by atoms with van der Waals surface area (Å²) in [4.78, 5) is 49.9. The smallest absolute Gasteiger partial charge is 0.246 e. The van der Waals surface area contributed by atoms with E-state index in [9.17, 15) is 14.4 Å². The highest BCUT2D eigenvalue weighted by atomic mass is 35.5. The zero-order chi connectivity index (χ0) is 34.4. The van der Waals surface area contributed by atoms with Gasteiger partial charge in [-0.25, -0.2) is 0 Å². The van der Waals surface area contributed by atoms with Gasteiger partial charge in [-0.2, -0.15) is 0 Å².